The Kier molecular flexibility index (Phi) is 6.20. The van der Waals surface area contributed by atoms with Gasteiger partial charge in [-0.1, -0.05) is 42.1 Å². The largest absolute Gasteiger partial charge is 0.465 e. The Balaban J connectivity index is 1.80. The van der Waals surface area contributed by atoms with Gasteiger partial charge in [-0.3, -0.25) is 4.79 Å². The number of carbonyl (C=O) groups is 2. The third kappa shape index (κ3) is 4.59. The summed E-state index contributed by atoms with van der Waals surface area (Å²) in [5, 5.41) is 2.70. The van der Waals surface area contributed by atoms with Gasteiger partial charge in [-0.25, -0.2) is 9.78 Å². The maximum atomic E-state index is 12.4. The highest BCUT2D eigenvalue weighted by atomic mass is 32.2. The van der Waals surface area contributed by atoms with Crippen molar-refractivity contribution in [1.82, 2.24) is 4.98 Å². The first-order valence-corrected chi connectivity index (χ1v) is 9.70. The van der Waals surface area contributed by atoms with Crippen molar-refractivity contribution < 1.29 is 14.3 Å². The Bertz CT molecular complexity index is 907. The van der Waals surface area contributed by atoms with Crippen molar-refractivity contribution in [3.63, 3.8) is 0 Å². The predicted octanol–water partition coefficient (Wildman–Crippen LogP) is 4.44. The molecule has 6 heteroatoms. The predicted molar refractivity (Wildman–Crippen MR) is 103 cm³/mol. The summed E-state index contributed by atoms with van der Waals surface area (Å²) in [5.74, 6) is -0.250. The Labute approximate surface area is 160 Å². The minimum Gasteiger partial charge on any atom is -0.465 e. The molecule has 0 aliphatic heterocycles. The second-order valence-corrected chi connectivity index (χ2v) is 7.58. The van der Waals surface area contributed by atoms with E-state index in [9.17, 15) is 9.59 Å². The van der Waals surface area contributed by atoms with Gasteiger partial charge in [-0.15, -0.1) is 11.3 Å². The number of benzene rings is 2. The van der Waals surface area contributed by atoms with Gasteiger partial charge in [0.1, 0.15) is 5.78 Å². The van der Waals surface area contributed by atoms with Crippen LogP contribution in [0.3, 0.4) is 0 Å². The normalized spacial score (nSPS) is 10.5. The molecule has 0 atom stereocenters. The molecule has 132 valence electrons. The SMILES string of the molecule is COC(=O)c1ccccc1Sc1ccccc1CC(=O)Cc1nccs1. The van der Waals surface area contributed by atoms with Crippen LogP contribution in [0.5, 0.6) is 0 Å². The number of rotatable bonds is 7. The van der Waals surface area contributed by atoms with E-state index in [1.54, 1.807) is 18.3 Å². The molecule has 0 saturated heterocycles. The first-order valence-electron chi connectivity index (χ1n) is 8.00. The van der Waals surface area contributed by atoms with E-state index < -0.39 is 0 Å². The van der Waals surface area contributed by atoms with Gasteiger partial charge in [-0.05, 0) is 23.8 Å². The van der Waals surface area contributed by atoms with Gasteiger partial charge in [0.2, 0.25) is 0 Å². The molecular weight excluding hydrogens is 366 g/mol. The highest BCUT2D eigenvalue weighted by molar-refractivity contribution is 7.99. The fourth-order valence-corrected chi connectivity index (χ4v) is 4.19. The van der Waals surface area contributed by atoms with E-state index in [4.69, 9.17) is 4.74 Å². The van der Waals surface area contributed by atoms with Crippen molar-refractivity contribution in [1.29, 1.82) is 0 Å². The third-order valence-electron chi connectivity index (χ3n) is 3.70. The number of methoxy groups -OCH3 is 1. The van der Waals surface area contributed by atoms with Gasteiger partial charge < -0.3 is 4.74 Å². The summed E-state index contributed by atoms with van der Waals surface area (Å²) in [4.78, 5) is 30.3. The fraction of sp³-hybridized carbons (Fsp3) is 0.150. The summed E-state index contributed by atoms with van der Waals surface area (Å²) in [7, 11) is 1.37. The maximum absolute atomic E-state index is 12.4. The molecule has 1 heterocycles. The number of carbonyl (C=O) groups excluding carboxylic acids is 2. The molecular formula is C20H17NO3S2. The molecule has 0 N–H and O–H groups in total. The van der Waals surface area contributed by atoms with Crippen LogP contribution in [0.1, 0.15) is 20.9 Å². The quantitative estimate of drug-likeness (QED) is 0.565. The number of thiazole rings is 1. The Morgan fingerprint density at radius 3 is 2.50 bits per heavy atom. The van der Waals surface area contributed by atoms with Crippen molar-refractivity contribution in [3.05, 3.63) is 76.2 Å². The number of Topliss-reactive ketones (excluding diaryl/α,β-unsaturated/α-hetero) is 1. The topological polar surface area (TPSA) is 56.3 Å². The van der Waals surface area contributed by atoms with E-state index in [-0.39, 0.29) is 11.8 Å². The van der Waals surface area contributed by atoms with Crippen LogP contribution in [0.25, 0.3) is 0 Å². The summed E-state index contributed by atoms with van der Waals surface area (Å²) < 4.78 is 4.86. The molecule has 0 fully saturated rings. The zero-order valence-corrected chi connectivity index (χ0v) is 15.8. The average molecular weight is 383 g/mol. The lowest BCUT2D eigenvalue weighted by molar-refractivity contribution is -0.117. The molecule has 0 radical (unpaired) electrons. The van der Waals surface area contributed by atoms with Crippen LogP contribution in [0.15, 0.2) is 69.9 Å². The summed E-state index contributed by atoms with van der Waals surface area (Å²) in [5.41, 5.74) is 1.46. The van der Waals surface area contributed by atoms with Gasteiger partial charge in [0.05, 0.1) is 24.1 Å². The number of aromatic nitrogens is 1. The molecule has 3 rings (SSSR count). The van der Waals surface area contributed by atoms with Gasteiger partial charge in [0, 0.05) is 27.8 Å². The van der Waals surface area contributed by atoms with Gasteiger partial charge in [0.25, 0.3) is 0 Å². The molecule has 0 bridgehead atoms. The molecule has 0 saturated carbocycles. The zero-order valence-electron chi connectivity index (χ0n) is 14.2. The number of nitrogens with zero attached hydrogens (tertiary/aromatic N) is 1. The highest BCUT2D eigenvalue weighted by Gasteiger charge is 2.15. The van der Waals surface area contributed by atoms with Crippen LogP contribution < -0.4 is 0 Å². The molecule has 2 aromatic carbocycles. The van der Waals surface area contributed by atoms with E-state index in [1.807, 2.05) is 41.8 Å². The van der Waals surface area contributed by atoms with Crippen molar-refractivity contribution >= 4 is 34.9 Å². The Morgan fingerprint density at radius 2 is 1.77 bits per heavy atom. The van der Waals surface area contributed by atoms with Crippen LogP contribution >= 0.6 is 23.1 Å². The number of esters is 1. The molecule has 3 aromatic rings. The molecule has 1 aromatic heterocycles. The first-order chi connectivity index (χ1) is 12.7. The second kappa shape index (κ2) is 8.78. The van der Waals surface area contributed by atoms with E-state index in [0.29, 0.717) is 18.4 Å². The van der Waals surface area contributed by atoms with Crippen LogP contribution in [-0.4, -0.2) is 23.8 Å². The van der Waals surface area contributed by atoms with Crippen LogP contribution in [-0.2, 0) is 22.4 Å². The van der Waals surface area contributed by atoms with Crippen LogP contribution in [0.2, 0.25) is 0 Å². The number of ether oxygens (including phenoxy) is 1. The Hall–Kier alpha value is -2.44. The maximum Gasteiger partial charge on any atom is 0.339 e. The highest BCUT2D eigenvalue weighted by Crippen LogP contribution is 2.33. The minimum atomic E-state index is -0.370. The molecule has 26 heavy (non-hydrogen) atoms. The van der Waals surface area contributed by atoms with Gasteiger partial charge in [-0.2, -0.15) is 0 Å². The van der Waals surface area contributed by atoms with Gasteiger partial charge in [0.15, 0.2) is 0 Å². The molecule has 0 unspecified atom stereocenters. The zero-order chi connectivity index (χ0) is 18.4. The molecule has 4 nitrogen and oxygen atoms in total. The lowest BCUT2D eigenvalue weighted by atomic mass is 10.1. The van der Waals surface area contributed by atoms with Crippen molar-refractivity contribution in [3.8, 4) is 0 Å². The monoisotopic (exact) mass is 383 g/mol. The molecule has 0 aliphatic rings. The van der Waals surface area contributed by atoms with Crippen LogP contribution in [0.4, 0.5) is 0 Å². The van der Waals surface area contributed by atoms with Crippen molar-refractivity contribution in [2.24, 2.45) is 0 Å². The van der Waals surface area contributed by atoms with Crippen molar-refractivity contribution in [2.75, 3.05) is 7.11 Å². The smallest absolute Gasteiger partial charge is 0.339 e. The lowest BCUT2D eigenvalue weighted by Gasteiger charge is -2.11. The van der Waals surface area contributed by atoms with E-state index in [2.05, 4.69) is 4.98 Å². The van der Waals surface area contributed by atoms with E-state index in [1.165, 1.54) is 30.2 Å². The summed E-state index contributed by atoms with van der Waals surface area (Å²) in [6, 6.07) is 15.1. The number of hydrogen-bond acceptors (Lipinski definition) is 6. The third-order valence-corrected chi connectivity index (χ3v) is 5.68. The minimum absolute atomic E-state index is 0.120. The summed E-state index contributed by atoms with van der Waals surface area (Å²) in [6.45, 7) is 0. The second-order valence-electron chi connectivity index (χ2n) is 5.52. The van der Waals surface area contributed by atoms with E-state index >= 15 is 0 Å². The molecule has 0 spiro atoms. The standard InChI is InChI=1S/C20H17NO3S2/c1-24-20(23)16-7-3-5-9-18(16)26-17-8-4-2-6-14(17)12-15(22)13-19-21-10-11-25-19/h2-11H,12-13H2,1H3. The van der Waals surface area contributed by atoms with Crippen molar-refractivity contribution in [2.45, 2.75) is 22.6 Å². The van der Waals surface area contributed by atoms with Crippen LogP contribution in [0, 0.1) is 0 Å². The number of ketones is 1. The first kappa shape index (κ1) is 18.4. The lowest BCUT2D eigenvalue weighted by Crippen LogP contribution is -2.07. The number of hydrogen-bond donors (Lipinski definition) is 0. The van der Waals surface area contributed by atoms with Gasteiger partial charge >= 0.3 is 5.97 Å². The summed E-state index contributed by atoms with van der Waals surface area (Å²) in [6.07, 6.45) is 2.39. The summed E-state index contributed by atoms with van der Waals surface area (Å²) >= 11 is 2.96. The van der Waals surface area contributed by atoms with E-state index in [0.717, 1.165) is 20.4 Å². The fourth-order valence-electron chi connectivity index (χ4n) is 2.49. The molecule has 0 aliphatic carbocycles. The Morgan fingerprint density at radius 1 is 1.04 bits per heavy atom. The molecule has 0 amide bonds. The average Bonchev–Trinajstić information content (AvgIpc) is 3.16.